The Kier molecular flexibility index (Phi) is 4.01. The highest BCUT2D eigenvalue weighted by atomic mass is 35.5. The second kappa shape index (κ2) is 6.33. The molecule has 6 heteroatoms. The van der Waals surface area contributed by atoms with Crippen molar-refractivity contribution in [1.82, 2.24) is 18.9 Å². The number of hydrogen-bond donors (Lipinski definition) is 0. The molecule has 0 saturated carbocycles. The molecule has 0 atom stereocenters. The van der Waals surface area contributed by atoms with E-state index < -0.39 is 0 Å². The fraction of sp³-hybridized carbons (Fsp3) is 0.158. The molecule has 0 aliphatic rings. The van der Waals surface area contributed by atoms with E-state index in [1.807, 2.05) is 35.2 Å². The van der Waals surface area contributed by atoms with Crippen LogP contribution in [0.25, 0.3) is 17.0 Å². The van der Waals surface area contributed by atoms with Crippen molar-refractivity contribution in [3.8, 4) is 11.4 Å². The van der Waals surface area contributed by atoms with Crippen LogP contribution in [0.4, 0.5) is 4.39 Å². The largest absolute Gasteiger partial charge is 0.325 e. The first-order chi connectivity index (χ1) is 12.2. The molecule has 0 fully saturated rings. The van der Waals surface area contributed by atoms with Crippen molar-refractivity contribution >= 4 is 17.2 Å². The molecule has 4 aromatic rings. The van der Waals surface area contributed by atoms with E-state index in [0.717, 1.165) is 34.8 Å². The van der Waals surface area contributed by atoms with Crippen molar-refractivity contribution < 1.29 is 4.39 Å². The fourth-order valence-corrected chi connectivity index (χ4v) is 3.26. The second-order valence-electron chi connectivity index (χ2n) is 5.82. The maximum absolute atomic E-state index is 13.5. The third kappa shape index (κ3) is 2.91. The molecule has 1 aromatic carbocycles. The minimum Gasteiger partial charge on any atom is -0.325 e. The zero-order valence-electron chi connectivity index (χ0n) is 13.7. The topological polar surface area (TPSA) is 35.1 Å². The minimum absolute atomic E-state index is 0.274. The number of imidazole rings is 2. The summed E-state index contributed by atoms with van der Waals surface area (Å²) >= 11 is 6.08. The van der Waals surface area contributed by atoms with Gasteiger partial charge in [-0.15, -0.1) is 0 Å². The molecule has 4 rings (SSSR count). The monoisotopic (exact) mass is 354 g/mol. The van der Waals surface area contributed by atoms with Crippen molar-refractivity contribution in [1.29, 1.82) is 0 Å². The average Bonchev–Trinajstić information content (AvgIpc) is 3.18. The lowest BCUT2D eigenvalue weighted by molar-refractivity contribution is 0.628. The van der Waals surface area contributed by atoms with Gasteiger partial charge >= 0.3 is 0 Å². The Morgan fingerprint density at radius 1 is 1.16 bits per heavy atom. The molecule has 0 saturated heterocycles. The number of nitrogens with zero attached hydrogens (tertiary/aromatic N) is 4. The molecule has 0 N–H and O–H groups in total. The fourth-order valence-electron chi connectivity index (χ4n) is 3.11. The third-order valence-electron chi connectivity index (χ3n) is 4.22. The molecular weight excluding hydrogens is 339 g/mol. The van der Waals surface area contributed by atoms with Crippen LogP contribution in [-0.2, 0) is 13.0 Å². The van der Waals surface area contributed by atoms with Crippen molar-refractivity contribution in [2.45, 2.75) is 19.9 Å². The van der Waals surface area contributed by atoms with Gasteiger partial charge in [0.2, 0.25) is 0 Å². The molecule has 0 spiro atoms. The Balaban J connectivity index is 1.77. The first-order valence-corrected chi connectivity index (χ1v) is 8.46. The van der Waals surface area contributed by atoms with Crippen molar-refractivity contribution in [2.24, 2.45) is 0 Å². The van der Waals surface area contributed by atoms with E-state index in [2.05, 4.69) is 16.3 Å². The summed E-state index contributed by atoms with van der Waals surface area (Å²) in [6, 6.07) is 10.2. The molecule has 0 radical (unpaired) electrons. The summed E-state index contributed by atoms with van der Waals surface area (Å²) in [5, 5.41) is 0.662. The number of hydrogen-bond acceptors (Lipinski definition) is 2. The van der Waals surface area contributed by atoms with Crippen molar-refractivity contribution in [3.05, 3.63) is 77.2 Å². The Hall–Kier alpha value is -2.66. The Morgan fingerprint density at radius 2 is 2.04 bits per heavy atom. The highest BCUT2D eigenvalue weighted by molar-refractivity contribution is 6.30. The van der Waals surface area contributed by atoms with Gasteiger partial charge in [0.05, 0.1) is 12.2 Å². The van der Waals surface area contributed by atoms with Crippen LogP contribution in [0.5, 0.6) is 0 Å². The van der Waals surface area contributed by atoms with Crippen LogP contribution >= 0.6 is 11.6 Å². The van der Waals surface area contributed by atoms with E-state index in [9.17, 15) is 4.39 Å². The number of benzene rings is 1. The molecule has 25 heavy (non-hydrogen) atoms. The lowest BCUT2D eigenvalue weighted by Gasteiger charge is -2.08. The molecule has 3 heterocycles. The lowest BCUT2D eigenvalue weighted by atomic mass is 10.2. The summed E-state index contributed by atoms with van der Waals surface area (Å²) in [5.41, 5.74) is 3.66. The van der Waals surface area contributed by atoms with Crippen molar-refractivity contribution in [2.75, 3.05) is 0 Å². The van der Waals surface area contributed by atoms with Gasteiger partial charge in [-0.3, -0.25) is 0 Å². The quantitative estimate of drug-likeness (QED) is 0.537. The first kappa shape index (κ1) is 15.8. The summed E-state index contributed by atoms with van der Waals surface area (Å²) in [6.07, 6.45) is 6.39. The van der Waals surface area contributed by atoms with Gasteiger partial charge in [0.1, 0.15) is 17.3 Å². The van der Waals surface area contributed by atoms with Crippen LogP contribution in [0.2, 0.25) is 5.02 Å². The smallest absolute Gasteiger partial charge is 0.140 e. The molecule has 0 unspecified atom stereocenters. The van der Waals surface area contributed by atoms with Crippen LogP contribution < -0.4 is 0 Å². The maximum atomic E-state index is 13.5. The maximum Gasteiger partial charge on any atom is 0.140 e. The highest BCUT2D eigenvalue weighted by Crippen LogP contribution is 2.22. The molecular formula is C19H16ClFN4. The van der Waals surface area contributed by atoms with Gasteiger partial charge in [0.15, 0.2) is 0 Å². The van der Waals surface area contributed by atoms with Crippen LogP contribution in [0.15, 0.2) is 55.0 Å². The summed E-state index contributed by atoms with van der Waals surface area (Å²) in [6.45, 7) is 2.66. The Bertz CT molecular complexity index is 1050. The van der Waals surface area contributed by atoms with E-state index in [4.69, 9.17) is 16.6 Å². The lowest BCUT2D eigenvalue weighted by Crippen LogP contribution is -2.04. The number of pyridine rings is 1. The number of fused-ring (bicyclic) bond motifs is 1. The van der Waals surface area contributed by atoms with Crippen LogP contribution in [0.3, 0.4) is 0 Å². The number of halogens is 2. The van der Waals surface area contributed by atoms with E-state index in [-0.39, 0.29) is 5.82 Å². The van der Waals surface area contributed by atoms with Gasteiger partial charge in [0.25, 0.3) is 0 Å². The number of aryl methyl sites for hydroxylation is 1. The molecule has 0 bridgehead atoms. The predicted molar refractivity (Wildman–Crippen MR) is 96.3 cm³/mol. The van der Waals surface area contributed by atoms with E-state index in [0.29, 0.717) is 11.6 Å². The van der Waals surface area contributed by atoms with Gasteiger partial charge in [0, 0.05) is 40.9 Å². The van der Waals surface area contributed by atoms with Crippen LogP contribution in [0.1, 0.15) is 18.3 Å². The molecule has 3 aromatic heterocycles. The van der Waals surface area contributed by atoms with Crippen LogP contribution in [0, 0.1) is 5.82 Å². The molecule has 4 nitrogen and oxygen atoms in total. The third-order valence-corrected chi connectivity index (χ3v) is 4.46. The standard InChI is InChI=1S/C19H16ClFN4/c1-2-17-16(23-18-11-14(20)6-8-25(17)18)12-24-9-7-22-19(24)13-4-3-5-15(21)10-13/h3-11H,2,12H2,1H3. The summed E-state index contributed by atoms with van der Waals surface area (Å²) < 4.78 is 17.6. The van der Waals surface area contributed by atoms with Gasteiger partial charge in [-0.25, -0.2) is 14.4 Å². The molecule has 0 aliphatic carbocycles. The number of aromatic nitrogens is 4. The zero-order valence-corrected chi connectivity index (χ0v) is 14.4. The summed E-state index contributed by atoms with van der Waals surface area (Å²) in [5.74, 6) is 0.445. The SMILES string of the molecule is CCc1c(Cn2ccnc2-c2cccc(F)c2)nc2cc(Cl)ccn12. The average molecular weight is 355 g/mol. The van der Waals surface area contributed by atoms with Gasteiger partial charge < -0.3 is 8.97 Å². The van der Waals surface area contributed by atoms with Crippen LogP contribution in [-0.4, -0.2) is 18.9 Å². The Morgan fingerprint density at radius 3 is 2.84 bits per heavy atom. The first-order valence-electron chi connectivity index (χ1n) is 8.08. The Labute approximate surface area is 149 Å². The molecule has 0 aliphatic heterocycles. The van der Waals surface area contributed by atoms with E-state index in [1.54, 1.807) is 12.3 Å². The summed E-state index contributed by atoms with van der Waals surface area (Å²) in [7, 11) is 0. The molecule has 126 valence electrons. The van der Waals surface area contributed by atoms with E-state index >= 15 is 0 Å². The highest BCUT2D eigenvalue weighted by Gasteiger charge is 2.14. The van der Waals surface area contributed by atoms with Gasteiger partial charge in [-0.1, -0.05) is 30.7 Å². The predicted octanol–water partition coefficient (Wildman–Crippen LogP) is 4.60. The zero-order chi connectivity index (χ0) is 17.4. The van der Waals surface area contributed by atoms with Crippen molar-refractivity contribution in [3.63, 3.8) is 0 Å². The minimum atomic E-state index is -0.274. The van der Waals surface area contributed by atoms with Gasteiger partial charge in [-0.05, 0) is 24.6 Å². The molecule has 0 amide bonds. The van der Waals surface area contributed by atoms with E-state index in [1.165, 1.54) is 12.1 Å². The summed E-state index contributed by atoms with van der Waals surface area (Å²) in [4.78, 5) is 9.12. The normalized spacial score (nSPS) is 11.3. The second-order valence-corrected chi connectivity index (χ2v) is 6.26. The van der Waals surface area contributed by atoms with Gasteiger partial charge in [-0.2, -0.15) is 0 Å². The number of rotatable bonds is 4.